The number of thiazole rings is 1. The molecule has 0 amide bonds. The molecule has 0 aromatic carbocycles. The minimum Gasteiger partial charge on any atom is -0.375 e. The van der Waals surface area contributed by atoms with E-state index in [9.17, 15) is 0 Å². The highest BCUT2D eigenvalue weighted by Crippen LogP contribution is 2.34. The lowest BCUT2D eigenvalue weighted by atomic mass is 10.2. The molecular weight excluding hydrogens is 334 g/mol. The first kappa shape index (κ1) is 20.1. The number of hydrogen-bond donors (Lipinski definition) is 1. The number of ether oxygens (including phenoxy) is 1. The van der Waals surface area contributed by atoms with Crippen LogP contribution in [-0.2, 0) is 11.3 Å². The summed E-state index contributed by atoms with van der Waals surface area (Å²) in [5, 5.41) is 6.54. The lowest BCUT2D eigenvalue weighted by Gasteiger charge is -2.25. The average molecular weight is 368 g/mol. The zero-order valence-corrected chi connectivity index (χ0v) is 17.3. The number of likely N-dealkylation sites (N-methyl/N-ethyl adjacent to an activating group) is 1. The van der Waals surface area contributed by atoms with Gasteiger partial charge in [0.15, 0.2) is 5.96 Å². The smallest absolute Gasteiger partial charge is 0.194 e. The predicted molar refractivity (Wildman–Crippen MR) is 105 cm³/mol. The summed E-state index contributed by atoms with van der Waals surface area (Å²) in [6.07, 6.45) is 2.72. The van der Waals surface area contributed by atoms with Gasteiger partial charge >= 0.3 is 0 Å². The molecule has 1 N–H and O–H groups in total. The molecule has 0 aliphatic heterocycles. The Labute approximate surface area is 156 Å². The van der Waals surface area contributed by atoms with Crippen LogP contribution in [0.15, 0.2) is 10.4 Å². The second-order valence-electron chi connectivity index (χ2n) is 6.97. The molecule has 1 saturated carbocycles. The van der Waals surface area contributed by atoms with Crippen LogP contribution in [0.2, 0.25) is 0 Å². The van der Waals surface area contributed by atoms with E-state index < -0.39 is 0 Å². The van der Waals surface area contributed by atoms with Crippen molar-refractivity contribution < 1.29 is 4.74 Å². The number of hydrogen-bond acceptors (Lipinski definition) is 5. The Balaban J connectivity index is 2.00. The van der Waals surface area contributed by atoms with Crippen molar-refractivity contribution in [1.82, 2.24) is 20.1 Å². The van der Waals surface area contributed by atoms with Gasteiger partial charge in [-0.15, -0.1) is 11.3 Å². The minimum atomic E-state index is 0.0466. The molecule has 0 radical (unpaired) electrons. The maximum Gasteiger partial charge on any atom is 0.194 e. The number of aliphatic imine (C=N–C) groups is 1. The number of rotatable bonds is 9. The molecule has 7 heteroatoms. The second kappa shape index (κ2) is 9.50. The van der Waals surface area contributed by atoms with Gasteiger partial charge in [-0.3, -0.25) is 4.99 Å². The Hall–Kier alpha value is -1.18. The Bertz CT molecular complexity index is 553. The monoisotopic (exact) mass is 367 g/mol. The highest BCUT2D eigenvalue weighted by atomic mass is 32.1. The number of nitrogens with zero attached hydrogens (tertiary/aromatic N) is 4. The van der Waals surface area contributed by atoms with Crippen molar-refractivity contribution in [3.8, 4) is 0 Å². The quantitative estimate of drug-likeness (QED) is 0.537. The molecule has 1 aliphatic carbocycles. The molecular formula is C18H33N5OS. The van der Waals surface area contributed by atoms with Crippen molar-refractivity contribution in [3.05, 3.63) is 16.1 Å². The SMILES string of the molecule is CCNC(=NCC(C1CC1)N(C)C)N(C)Cc1csc(C(C)OC)n1. The lowest BCUT2D eigenvalue weighted by molar-refractivity contribution is 0.119. The van der Waals surface area contributed by atoms with Gasteiger partial charge in [0.25, 0.3) is 0 Å². The fourth-order valence-corrected chi connectivity index (χ4v) is 3.71. The molecule has 1 aliphatic rings. The van der Waals surface area contributed by atoms with Crippen molar-refractivity contribution in [3.63, 3.8) is 0 Å². The van der Waals surface area contributed by atoms with Gasteiger partial charge in [-0.1, -0.05) is 0 Å². The molecule has 1 heterocycles. The zero-order chi connectivity index (χ0) is 18.4. The Morgan fingerprint density at radius 2 is 2.16 bits per heavy atom. The van der Waals surface area contributed by atoms with Crippen molar-refractivity contribution in [2.45, 2.75) is 45.4 Å². The van der Waals surface area contributed by atoms with E-state index in [1.807, 2.05) is 6.92 Å². The lowest BCUT2D eigenvalue weighted by Crippen LogP contribution is -2.40. The van der Waals surface area contributed by atoms with E-state index in [2.05, 4.69) is 53.5 Å². The summed E-state index contributed by atoms with van der Waals surface area (Å²) in [6.45, 7) is 6.58. The Morgan fingerprint density at radius 1 is 1.44 bits per heavy atom. The number of nitrogens with one attached hydrogen (secondary N) is 1. The van der Waals surface area contributed by atoms with E-state index in [-0.39, 0.29) is 6.10 Å². The van der Waals surface area contributed by atoms with Crippen molar-refractivity contribution in [2.75, 3.05) is 41.3 Å². The number of guanidine groups is 1. The van der Waals surface area contributed by atoms with Crippen LogP contribution >= 0.6 is 11.3 Å². The molecule has 0 spiro atoms. The molecule has 2 unspecified atom stereocenters. The summed E-state index contributed by atoms with van der Waals surface area (Å²) < 4.78 is 5.35. The van der Waals surface area contributed by atoms with Crippen molar-refractivity contribution >= 4 is 17.3 Å². The van der Waals surface area contributed by atoms with Gasteiger partial charge in [0.1, 0.15) is 11.1 Å². The van der Waals surface area contributed by atoms with E-state index in [1.165, 1.54) is 12.8 Å². The molecule has 1 fully saturated rings. The van der Waals surface area contributed by atoms with Crippen LogP contribution in [0.25, 0.3) is 0 Å². The van der Waals surface area contributed by atoms with Crippen molar-refractivity contribution in [2.24, 2.45) is 10.9 Å². The summed E-state index contributed by atoms with van der Waals surface area (Å²) in [6, 6.07) is 0.537. The standard InChI is InChI=1S/C18H33N5OS/c1-7-19-18(20-10-16(22(3)4)14-8-9-14)23(5)11-15-12-25-17(21-15)13(2)24-6/h12-14,16H,7-11H2,1-6H3,(H,19,20). The topological polar surface area (TPSA) is 53.0 Å². The highest BCUT2D eigenvalue weighted by Gasteiger charge is 2.32. The normalized spacial score (nSPS) is 17.6. The third-order valence-corrected chi connectivity index (χ3v) is 5.68. The first-order valence-electron chi connectivity index (χ1n) is 9.09. The number of aromatic nitrogens is 1. The molecule has 6 nitrogen and oxygen atoms in total. The third kappa shape index (κ3) is 5.94. The molecule has 1 aromatic heterocycles. The van der Waals surface area contributed by atoms with Gasteiger partial charge in [-0.05, 0) is 46.7 Å². The minimum absolute atomic E-state index is 0.0466. The Morgan fingerprint density at radius 3 is 2.72 bits per heavy atom. The van der Waals surface area contributed by atoms with Gasteiger partial charge in [0, 0.05) is 32.1 Å². The molecule has 142 valence electrons. The Kier molecular flexibility index (Phi) is 7.65. The van der Waals surface area contributed by atoms with E-state index in [0.29, 0.717) is 6.04 Å². The van der Waals surface area contributed by atoms with Gasteiger partial charge in [0.05, 0.1) is 18.8 Å². The van der Waals surface area contributed by atoms with Crippen LogP contribution in [0.3, 0.4) is 0 Å². The second-order valence-corrected chi connectivity index (χ2v) is 7.86. The van der Waals surface area contributed by atoms with Crippen LogP contribution in [0.5, 0.6) is 0 Å². The van der Waals surface area contributed by atoms with Crippen LogP contribution in [0, 0.1) is 5.92 Å². The molecule has 0 bridgehead atoms. The summed E-state index contributed by atoms with van der Waals surface area (Å²) in [4.78, 5) is 14.0. The fourth-order valence-electron chi connectivity index (χ4n) is 2.87. The van der Waals surface area contributed by atoms with E-state index in [4.69, 9.17) is 9.73 Å². The molecule has 2 rings (SSSR count). The molecule has 25 heavy (non-hydrogen) atoms. The maximum atomic E-state index is 5.35. The molecule has 1 aromatic rings. The first-order chi connectivity index (χ1) is 12.0. The molecule has 2 atom stereocenters. The maximum absolute atomic E-state index is 5.35. The predicted octanol–water partition coefficient (Wildman–Crippen LogP) is 2.59. The fraction of sp³-hybridized carbons (Fsp3) is 0.778. The van der Waals surface area contributed by atoms with Crippen LogP contribution in [-0.4, -0.2) is 68.1 Å². The third-order valence-electron chi connectivity index (χ3n) is 4.62. The summed E-state index contributed by atoms with van der Waals surface area (Å²) >= 11 is 1.65. The first-order valence-corrected chi connectivity index (χ1v) is 9.97. The van der Waals surface area contributed by atoms with E-state index in [1.54, 1.807) is 18.4 Å². The van der Waals surface area contributed by atoms with E-state index >= 15 is 0 Å². The summed E-state index contributed by atoms with van der Waals surface area (Å²) in [5.41, 5.74) is 1.06. The largest absolute Gasteiger partial charge is 0.375 e. The number of methoxy groups -OCH3 is 1. The van der Waals surface area contributed by atoms with Gasteiger partial charge in [-0.2, -0.15) is 0 Å². The van der Waals surface area contributed by atoms with E-state index in [0.717, 1.165) is 42.2 Å². The van der Waals surface area contributed by atoms with Crippen LogP contribution < -0.4 is 5.32 Å². The van der Waals surface area contributed by atoms with Crippen LogP contribution in [0.4, 0.5) is 0 Å². The zero-order valence-electron chi connectivity index (χ0n) is 16.5. The van der Waals surface area contributed by atoms with Crippen LogP contribution in [0.1, 0.15) is 43.5 Å². The average Bonchev–Trinajstić information content (AvgIpc) is 3.31. The van der Waals surface area contributed by atoms with Gasteiger partial charge in [-0.25, -0.2) is 4.98 Å². The summed E-state index contributed by atoms with van der Waals surface area (Å²) in [7, 11) is 8.10. The van der Waals surface area contributed by atoms with Crippen molar-refractivity contribution in [1.29, 1.82) is 0 Å². The summed E-state index contributed by atoms with van der Waals surface area (Å²) in [5.74, 6) is 1.76. The van der Waals surface area contributed by atoms with Gasteiger partial charge in [0.2, 0.25) is 0 Å². The highest BCUT2D eigenvalue weighted by molar-refractivity contribution is 7.09. The van der Waals surface area contributed by atoms with Gasteiger partial charge < -0.3 is 19.9 Å². The molecule has 0 saturated heterocycles.